The number of likely N-dealkylation sites (tertiary alicyclic amines) is 1. The molecule has 140 valence electrons. The van der Waals surface area contributed by atoms with Crippen LogP contribution in [0.15, 0.2) is 4.52 Å². The van der Waals surface area contributed by atoms with Gasteiger partial charge < -0.3 is 15.2 Å². The van der Waals surface area contributed by atoms with E-state index < -0.39 is 0 Å². The summed E-state index contributed by atoms with van der Waals surface area (Å²) in [4.78, 5) is 20.7. The fourth-order valence-electron chi connectivity index (χ4n) is 2.63. The van der Waals surface area contributed by atoms with E-state index in [4.69, 9.17) is 10.3 Å². The minimum Gasteiger partial charge on any atom is -0.341 e. The summed E-state index contributed by atoms with van der Waals surface area (Å²) in [5.74, 6) is 1.66. The Balaban J connectivity index is 0.00000264. The van der Waals surface area contributed by atoms with Crippen LogP contribution in [0.3, 0.4) is 0 Å². The molecule has 0 aliphatic carbocycles. The quantitative estimate of drug-likeness (QED) is 0.805. The maximum atomic E-state index is 12.2. The summed E-state index contributed by atoms with van der Waals surface area (Å²) in [6, 6.07) is 0.329. The molecule has 9 heteroatoms. The number of halogens is 2. The molecule has 2 unspecified atom stereocenters. The summed E-state index contributed by atoms with van der Waals surface area (Å²) in [6.07, 6.45) is 0.967. The van der Waals surface area contributed by atoms with E-state index >= 15 is 0 Å². The van der Waals surface area contributed by atoms with Crippen LogP contribution in [0.4, 0.5) is 0 Å². The van der Waals surface area contributed by atoms with Crippen molar-refractivity contribution in [1.82, 2.24) is 19.9 Å². The Kier molecular flexibility index (Phi) is 9.80. The summed E-state index contributed by atoms with van der Waals surface area (Å²) >= 11 is 0. The Morgan fingerprint density at radius 1 is 1.42 bits per heavy atom. The largest absolute Gasteiger partial charge is 0.341 e. The molecule has 1 aliphatic heterocycles. The number of carbonyl (C=O) groups excluding carboxylic acids is 1. The lowest BCUT2D eigenvalue weighted by atomic mass is 10.1. The van der Waals surface area contributed by atoms with E-state index in [1.807, 2.05) is 32.7 Å². The molecule has 1 aliphatic rings. The predicted molar refractivity (Wildman–Crippen MR) is 97.6 cm³/mol. The van der Waals surface area contributed by atoms with E-state index in [9.17, 15) is 4.79 Å². The third-order valence-corrected chi connectivity index (χ3v) is 4.24. The van der Waals surface area contributed by atoms with Crippen molar-refractivity contribution in [2.45, 2.75) is 45.7 Å². The van der Waals surface area contributed by atoms with Crippen LogP contribution in [-0.4, -0.2) is 58.6 Å². The number of amides is 1. The second kappa shape index (κ2) is 10.2. The highest BCUT2D eigenvalue weighted by molar-refractivity contribution is 5.85. The Morgan fingerprint density at radius 3 is 2.62 bits per heavy atom. The highest BCUT2D eigenvalue weighted by Gasteiger charge is 2.31. The molecule has 1 saturated heterocycles. The zero-order valence-electron chi connectivity index (χ0n) is 14.8. The van der Waals surface area contributed by atoms with Gasteiger partial charge in [0.25, 0.3) is 0 Å². The van der Waals surface area contributed by atoms with Crippen molar-refractivity contribution in [2.24, 2.45) is 11.7 Å². The summed E-state index contributed by atoms with van der Waals surface area (Å²) < 4.78 is 5.23. The first kappa shape index (κ1) is 23.1. The first-order chi connectivity index (χ1) is 10.4. The number of rotatable bonds is 6. The van der Waals surface area contributed by atoms with Gasteiger partial charge in [-0.1, -0.05) is 25.9 Å². The maximum Gasteiger partial charge on any atom is 0.229 e. The van der Waals surface area contributed by atoms with Crippen LogP contribution in [-0.2, 0) is 11.3 Å². The Hall–Kier alpha value is -0.890. The fraction of sp³-hybridized carbons (Fsp3) is 0.800. The van der Waals surface area contributed by atoms with Gasteiger partial charge in [0.05, 0.1) is 6.54 Å². The van der Waals surface area contributed by atoms with Gasteiger partial charge in [-0.15, -0.1) is 24.8 Å². The topological polar surface area (TPSA) is 88.5 Å². The molecule has 1 aromatic rings. The number of carbonyl (C=O) groups is 1. The van der Waals surface area contributed by atoms with Crippen molar-refractivity contribution in [3.63, 3.8) is 0 Å². The normalized spacial score (nSPS) is 18.5. The van der Waals surface area contributed by atoms with E-state index in [2.05, 4.69) is 15.0 Å². The molecule has 1 amide bonds. The Labute approximate surface area is 156 Å². The third-order valence-electron chi connectivity index (χ3n) is 4.24. The van der Waals surface area contributed by atoms with Crippen molar-refractivity contribution in [3.05, 3.63) is 11.7 Å². The van der Waals surface area contributed by atoms with Gasteiger partial charge in [-0.25, -0.2) is 0 Å². The molecule has 2 heterocycles. The molecule has 7 nitrogen and oxygen atoms in total. The number of aromatic nitrogens is 2. The summed E-state index contributed by atoms with van der Waals surface area (Å²) in [5.41, 5.74) is 5.58. The van der Waals surface area contributed by atoms with E-state index in [1.165, 1.54) is 0 Å². The second-order valence-corrected chi connectivity index (χ2v) is 6.48. The zero-order chi connectivity index (χ0) is 16.3. The van der Waals surface area contributed by atoms with Gasteiger partial charge in [0.1, 0.15) is 0 Å². The average Bonchev–Trinajstić information content (AvgIpc) is 3.14. The first-order valence-electron chi connectivity index (χ1n) is 7.94. The van der Waals surface area contributed by atoms with Crippen LogP contribution >= 0.6 is 24.8 Å². The third kappa shape index (κ3) is 5.58. The summed E-state index contributed by atoms with van der Waals surface area (Å²) in [5, 5.41) is 4.02. The predicted octanol–water partition coefficient (Wildman–Crippen LogP) is 1.66. The highest BCUT2D eigenvalue weighted by atomic mass is 35.5. The summed E-state index contributed by atoms with van der Waals surface area (Å²) in [6.45, 7) is 8.51. The van der Waals surface area contributed by atoms with Gasteiger partial charge in [-0.05, 0) is 13.5 Å². The molecule has 0 saturated carbocycles. The molecule has 24 heavy (non-hydrogen) atoms. The minimum absolute atomic E-state index is 0. The Bertz CT molecular complexity index is 512. The molecule has 2 rings (SSSR count). The van der Waals surface area contributed by atoms with E-state index in [-0.39, 0.29) is 42.6 Å². The molecule has 0 radical (unpaired) electrons. The maximum absolute atomic E-state index is 12.2. The van der Waals surface area contributed by atoms with Crippen molar-refractivity contribution >= 4 is 30.7 Å². The fourth-order valence-corrected chi connectivity index (χ4v) is 2.63. The SMILES string of the molecule is CC(CN)C(=O)N1CCC(N(C)Cc2noc(C(C)C)n2)C1.Cl.Cl. The number of likely N-dealkylation sites (N-methyl/N-ethyl adjacent to an activating group) is 1. The molecule has 0 aromatic carbocycles. The Morgan fingerprint density at radius 2 is 2.08 bits per heavy atom. The van der Waals surface area contributed by atoms with Crippen LogP contribution in [0.25, 0.3) is 0 Å². The lowest BCUT2D eigenvalue weighted by molar-refractivity contribution is -0.133. The molecule has 0 spiro atoms. The number of hydrogen-bond acceptors (Lipinski definition) is 6. The monoisotopic (exact) mass is 381 g/mol. The second-order valence-electron chi connectivity index (χ2n) is 6.48. The summed E-state index contributed by atoms with van der Waals surface area (Å²) in [7, 11) is 2.04. The lowest BCUT2D eigenvalue weighted by Gasteiger charge is -2.24. The molecule has 1 fully saturated rings. The van der Waals surface area contributed by atoms with Crippen molar-refractivity contribution in [2.75, 3.05) is 26.7 Å². The zero-order valence-corrected chi connectivity index (χ0v) is 16.4. The number of nitrogens with two attached hydrogens (primary N) is 1. The van der Waals surface area contributed by atoms with Gasteiger partial charge in [0.2, 0.25) is 11.8 Å². The van der Waals surface area contributed by atoms with Gasteiger partial charge >= 0.3 is 0 Å². The minimum atomic E-state index is -0.102. The number of nitrogens with zero attached hydrogens (tertiary/aromatic N) is 4. The standard InChI is InChI=1S/C15H27N5O2.2ClH/c1-10(2)14-17-13(18-22-14)9-19(4)12-5-6-20(8-12)15(21)11(3)7-16;;/h10-12H,5-9,16H2,1-4H3;2*1H. The molecule has 1 aromatic heterocycles. The first-order valence-corrected chi connectivity index (χ1v) is 7.94. The van der Waals surface area contributed by atoms with Crippen molar-refractivity contribution in [3.8, 4) is 0 Å². The highest BCUT2D eigenvalue weighted by Crippen LogP contribution is 2.18. The average molecular weight is 382 g/mol. The molecular weight excluding hydrogens is 353 g/mol. The van der Waals surface area contributed by atoms with Crippen LogP contribution in [0.1, 0.15) is 44.8 Å². The van der Waals surface area contributed by atoms with Crippen LogP contribution < -0.4 is 5.73 Å². The van der Waals surface area contributed by atoms with Crippen molar-refractivity contribution < 1.29 is 9.32 Å². The van der Waals surface area contributed by atoms with Gasteiger partial charge in [-0.2, -0.15) is 4.98 Å². The van der Waals surface area contributed by atoms with Crippen LogP contribution in [0.2, 0.25) is 0 Å². The van der Waals surface area contributed by atoms with Crippen molar-refractivity contribution in [1.29, 1.82) is 0 Å². The van der Waals surface area contributed by atoms with Crippen LogP contribution in [0, 0.1) is 5.92 Å². The number of hydrogen-bond donors (Lipinski definition) is 1. The van der Waals surface area contributed by atoms with Crippen LogP contribution in [0.5, 0.6) is 0 Å². The molecular formula is C15H29Cl2N5O2. The molecule has 0 bridgehead atoms. The van der Waals surface area contributed by atoms with Gasteiger partial charge in [0.15, 0.2) is 5.82 Å². The van der Waals surface area contributed by atoms with E-state index in [1.54, 1.807) is 0 Å². The molecule has 2 atom stereocenters. The smallest absolute Gasteiger partial charge is 0.229 e. The van der Waals surface area contributed by atoms with E-state index in [0.29, 0.717) is 30.8 Å². The molecule has 2 N–H and O–H groups in total. The van der Waals surface area contributed by atoms with Gasteiger partial charge in [0, 0.05) is 37.5 Å². The van der Waals surface area contributed by atoms with E-state index in [0.717, 1.165) is 19.5 Å². The lowest BCUT2D eigenvalue weighted by Crippen LogP contribution is -2.39. The van der Waals surface area contributed by atoms with Gasteiger partial charge in [-0.3, -0.25) is 9.69 Å².